The Morgan fingerprint density at radius 3 is 2.57 bits per heavy atom. The van der Waals surface area contributed by atoms with Crippen molar-refractivity contribution in [2.45, 2.75) is 0 Å². The summed E-state index contributed by atoms with van der Waals surface area (Å²) in [6.07, 6.45) is 1.11. The van der Waals surface area contributed by atoms with Crippen molar-refractivity contribution in [3.8, 4) is 0 Å². The van der Waals surface area contributed by atoms with Gasteiger partial charge in [0.1, 0.15) is 5.69 Å². The number of nitrogens with zero attached hydrogens (tertiary/aromatic N) is 2. The maximum Gasteiger partial charge on any atom is 0.337 e. The molecule has 3 N–H and O–H groups in total. The van der Waals surface area contributed by atoms with Gasteiger partial charge in [0, 0.05) is 32.4 Å². The van der Waals surface area contributed by atoms with Crippen LogP contribution in [-0.2, 0) is 4.79 Å². The van der Waals surface area contributed by atoms with E-state index in [2.05, 4.69) is 15.6 Å². The van der Waals surface area contributed by atoms with Crippen LogP contribution < -0.4 is 10.6 Å². The van der Waals surface area contributed by atoms with Crippen LogP contribution in [0.15, 0.2) is 18.3 Å². The Labute approximate surface area is 121 Å². The first-order valence-corrected chi connectivity index (χ1v) is 6.54. The van der Waals surface area contributed by atoms with Gasteiger partial charge in [0.2, 0.25) is 5.91 Å². The van der Waals surface area contributed by atoms with E-state index in [1.165, 1.54) is 12.1 Å². The van der Waals surface area contributed by atoms with E-state index in [9.17, 15) is 14.4 Å². The first kappa shape index (κ1) is 14.9. The molecule has 0 aromatic carbocycles. The molecule has 1 aliphatic heterocycles. The number of carboxylic acids is 1. The summed E-state index contributed by atoms with van der Waals surface area (Å²) in [4.78, 5) is 39.8. The molecule has 1 saturated heterocycles. The molecule has 2 amide bonds. The second kappa shape index (κ2) is 6.80. The van der Waals surface area contributed by atoms with Crippen LogP contribution >= 0.6 is 0 Å². The fourth-order valence-electron chi connectivity index (χ4n) is 1.93. The molecule has 8 heteroatoms. The van der Waals surface area contributed by atoms with Crippen molar-refractivity contribution in [2.24, 2.45) is 0 Å². The van der Waals surface area contributed by atoms with E-state index in [4.69, 9.17) is 5.11 Å². The SMILES string of the molecule is O=C(O)c1ccc(C(=O)NCC(=O)N2CCNCC2)nc1. The largest absolute Gasteiger partial charge is 0.478 e. The van der Waals surface area contributed by atoms with Crippen LogP contribution in [0.2, 0.25) is 0 Å². The van der Waals surface area contributed by atoms with E-state index in [0.717, 1.165) is 19.3 Å². The van der Waals surface area contributed by atoms with Crippen LogP contribution in [0.1, 0.15) is 20.8 Å². The van der Waals surface area contributed by atoms with Gasteiger partial charge in [0.15, 0.2) is 0 Å². The molecule has 0 bridgehead atoms. The van der Waals surface area contributed by atoms with Crippen LogP contribution in [0.3, 0.4) is 0 Å². The van der Waals surface area contributed by atoms with Crippen molar-refractivity contribution in [3.63, 3.8) is 0 Å². The van der Waals surface area contributed by atoms with Crippen LogP contribution in [0.4, 0.5) is 0 Å². The third-order valence-corrected chi connectivity index (χ3v) is 3.11. The van der Waals surface area contributed by atoms with E-state index in [0.29, 0.717) is 13.1 Å². The number of rotatable bonds is 4. The fourth-order valence-corrected chi connectivity index (χ4v) is 1.93. The quantitative estimate of drug-likeness (QED) is 0.652. The van der Waals surface area contributed by atoms with Crippen molar-refractivity contribution in [1.82, 2.24) is 20.5 Å². The predicted octanol–water partition coefficient (Wildman–Crippen LogP) is -1.06. The Morgan fingerprint density at radius 1 is 1.29 bits per heavy atom. The number of aromatic carboxylic acids is 1. The summed E-state index contributed by atoms with van der Waals surface area (Å²) in [5.74, 6) is -1.76. The zero-order chi connectivity index (χ0) is 15.2. The lowest BCUT2D eigenvalue weighted by atomic mass is 10.2. The zero-order valence-corrected chi connectivity index (χ0v) is 11.3. The summed E-state index contributed by atoms with van der Waals surface area (Å²) in [6.45, 7) is 2.65. The molecule has 2 rings (SSSR count). The molecule has 1 aromatic heterocycles. The maximum atomic E-state index is 11.9. The van der Waals surface area contributed by atoms with E-state index in [1.54, 1.807) is 4.90 Å². The third kappa shape index (κ3) is 3.99. The number of carbonyl (C=O) groups is 3. The summed E-state index contributed by atoms with van der Waals surface area (Å²) in [6, 6.07) is 2.61. The van der Waals surface area contributed by atoms with Gasteiger partial charge in [-0.15, -0.1) is 0 Å². The number of carboxylic acid groups (broad SMARTS) is 1. The normalized spacial score (nSPS) is 14.6. The lowest BCUT2D eigenvalue weighted by Gasteiger charge is -2.27. The summed E-state index contributed by atoms with van der Waals surface area (Å²) < 4.78 is 0. The Hall–Kier alpha value is -2.48. The Bertz CT molecular complexity index is 538. The van der Waals surface area contributed by atoms with Gasteiger partial charge in [-0.25, -0.2) is 4.79 Å². The molecule has 21 heavy (non-hydrogen) atoms. The molecule has 0 aliphatic carbocycles. The fraction of sp³-hybridized carbons (Fsp3) is 0.385. The average Bonchev–Trinajstić information content (AvgIpc) is 2.53. The molecular formula is C13H16N4O4. The molecule has 2 heterocycles. The molecule has 112 valence electrons. The molecule has 0 unspecified atom stereocenters. The van der Waals surface area contributed by atoms with Gasteiger partial charge in [-0.1, -0.05) is 0 Å². The number of pyridine rings is 1. The number of piperazine rings is 1. The molecule has 0 saturated carbocycles. The van der Waals surface area contributed by atoms with Crippen LogP contribution in [-0.4, -0.2) is 65.5 Å². The second-order valence-electron chi connectivity index (χ2n) is 4.55. The predicted molar refractivity (Wildman–Crippen MR) is 73.0 cm³/mol. The number of amides is 2. The molecule has 1 aliphatic rings. The average molecular weight is 292 g/mol. The molecular weight excluding hydrogens is 276 g/mol. The van der Waals surface area contributed by atoms with Crippen molar-refractivity contribution in [2.75, 3.05) is 32.7 Å². The minimum Gasteiger partial charge on any atom is -0.478 e. The Balaban J connectivity index is 1.86. The van der Waals surface area contributed by atoms with E-state index >= 15 is 0 Å². The topological polar surface area (TPSA) is 112 Å². The summed E-state index contributed by atoms with van der Waals surface area (Å²) in [7, 11) is 0. The third-order valence-electron chi connectivity index (χ3n) is 3.11. The van der Waals surface area contributed by atoms with Gasteiger partial charge in [0.05, 0.1) is 12.1 Å². The number of carbonyl (C=O) groups excluding carboxylic acids is 2. The van der Waals surface area contributed by atoms with Gasteiger partial charge in [-0.3, -0.25) is 14.6 Å². The minimum atomic E-state index is -1.11. The monoisotopic (exact) mass is 292 g/mol. The van der Waals surface area contributed by atoms with E-state index in [1.807, 2.05) is 0 Å². The van der Waals surface area contributed by atoms with Gasteiger partial charge in [-0.2, -0.15) is 0 Å². The molecule has 0 radical (unpaired) electrons. The summed E-state index contributed by atoms with van der Waals surface area (Å²) in [5.41, 5.74) is 0.0801. The van der Waals surface area contributed by atoms with Crippen LogP contribution in [0.25, 0.3) is 0 Å². The lowest BCUT2D eigenvalue weighted by Crippen LogP contribution is -2.49. The van der Waals surface area contributed by atoms with Gasteiger partial charge in [-0.05, 0) is 12.1 Å². The second-order valence-corrected chi connectivity index (χ2v) is 4.55. The summed E-state index contributed by atoms with van der Waals surface area (Å²) >= 11 is 0. The van der Waals surface area contributed by atoms with Gasteiger partial charge < -0.3 is 20.6 Å². The van der Waals surface area contributed by atoms with E-state index < -0.39 is 11.9 Å². The Kier molecular flexibility index (Phi) is 4.83. The number of hydrogen-bond donors (Lipinski definition) is 3. The van der Waals surface area contributed by atoms with Crippen molar-refractivity contribution < 1.29 is 19.5 Å². The highest BCUT2D eigenvalue weighted by Gasteiger charge is 2.17. The minimum absolute atomic E-state index is 0.00319. The number of nitrogens with one attached hydrogen (secondary N) is 2. The maximum absolute atomic E-state index is 11.9. The number of hydrogen-bond acceptors (Lipinski definition) is 5. The van der Waals surface area contributed by atoms with Gasteiger partial charge >= 0.3 is 5.97 Å². The lowest BCUT2D eigenvalue weighted by molar-refractivity contribution is -0.130. The zero-order valence-electron chi connectivity index (χ0n) is 11.3. The van der Waals surface area contributed by atoms with Gasteiger partial charge in [0.25, 0.3) is 5.91 Å². The molecule has 0 spiro atoms. The van der Waals surface area contributed by atoms with Crippen molar-refractivity contribution in [1.29, 1.82) is 0 Å². The Morgan fingerprint density at radius 2 is 2.00 bits per heavy atom. The standard InChI is InChI=1S/C13H16N4O4/c18-11(17-5-3-14-4-6-17)8-16-12(19)10-2-1-9(7-15-10)13(20)21/h1-2,7,14H,3-6,8H2,(H,16,19)(H,20,21). The first-order chi connectivity index (χ1) is 10.1. The molecule has 0 atom stereocenters. The smallest absolute Gasteiger partial charge is 0.337 e. The molecule has 8 nitrogen and oxygen atoms in total. The summed E-state index contributed by atoms with van der Waals surface area (Å²) in [5, 5.41) is 14.4. The number of aromatic nitrogens is 1. The highest BCUT2D eigenvalue weighted by molar-refractivity contribution is 5.95. The highest BCUT2D eigenvalue weighted by atomic mass is 16.4. The first-order valence-electron chi connectivity index (χ1n) is 6.54. The van der Waals surface area contributed by atoms with E-state index in [-0.39, 0.29) is 23.7 Å². The molecule has 1 aromatic rings. The van der Waals surface area contributed by atoms with Crippen molar-refractivity contribution in [3.05, 3.63) is 29.6 Å². The van der Waals surface area contributed by atoms with Crippen LogP contribution in [0, 0.1) is 0 Å². The molecule has 1 fully saturated rings. The van der Waals surface area contributed by atoms with Crippen LogP contribution in [0.5, 0.6) is 0 Å². The highest BCUT2D eigenvalue weighted by Crippen LogP contribution is 2.00. The van der Waals surface area contributed by atoms with Crippen molar-refractivity contribution >= 4 is 17.8 Å².